The number of amides is 1. The molecule has 1 unspecified atom stereocenters. The van der Waals surface area contributed by atoms with Crippen LogP contribution in [0.2, 0.25) is 0 Å². The highest BCUT2D eigenvalue weighted by atomic mass is 16.1. The third kappa shape index (κ3) is 4.80. The van der Waals surface area contributed by atoms with Crippen LogP contribution in [0, 0.1) is 18.8 Å². The number of carbonyl (C=O) groups excluding carboxylic acids is 1. The van der Waals surface area contributed by atoms with Crippen LogP contribution in [0.3, 0.4) is 0 Å². The lowest BCUT2D eigenvalue weighted by Crippen LogP contribution is -2.35. The Balaban J connectivity index is 1.38. The molecule has 3 rings (SSSR count). The van der Waals surface area contributed by atoms with Crippen molar-refractivity contribution in [3.63, 3.8) is 0 Å². The minimum Gasteiger partial charge on any atom is -0.356 e. The average molecular weight is 318 g/mol. The van der Waals surface area contributed by atoms with Crippen LogP contribution in [-0.2, 0) is 11.3 Å². The number of hydrogen-bond donors (Lipinski definition) is 2. The van der Waals surface area contributed by atoms with Gasteiger partial charge in [-0.15, -0.1) is 0 Å². The Kier molecular flexibility index (Phi) is 5.70. The smallest absolute Gasteiger partial charge is 0.223 e. The van der Waals surface area contributed by atoms with Crippen molar-refractivity contribution in [3.8, 4) is 0 Å². The van der Waals surface area contributed by atoms with E-state index in [0.29, 0.717) is 11.8 Å². The van der Waals surface area contributed by atoms with Crippen LogP contribution < -0.4 is 5.32 Å². The normalized spacial score (nSPS) is 23.8. The molecule has 1 saturated carbocycles. The number of aromatic nitrogens is 2. The molecule has 5 nitrogen and oxygen atoms in total. The van der Waals surface area contributed by atoms with Gasteiger partial charge in [-0.3, -0.25) is 14.8 Å². The van der Waals surface area contributed by atoms with E-state index >= 15 is 0 Å². The van der Waals surface area contributed by atoms with Crippen molar-refractivity contribution < 1.29 is 4.79 Å². The molecule has 2 heterocycles. The summed E-state index contributed by atoms with van der Waals surface area (Å²) >= 11 is 0. The summed E-state index contributed by atoms with van der Waals surface area (Å²) in [5, 5.41) is 10.5. The number of nitrogens with one attached hydrogen (secondary N) is 2. The molecule has 0 aromatic carbocycles. The monoisotopic (exact) mass is 318 g/mol. The van der Waals surface area contributed by atoms with Crippen molar-refractivity contribution in [1.29, 1.82) is 0 Å². The fourth-order valence-corrected chi connectivity index (χ4v) is 3.94. The molecule has 2 N–H and O–H groups in total. The number of nitrogens with zero attached hydrogens (tertiary/aromatic N) is 2. The summed E-state index contributed by atoms with van der Waals surface area (Å²) in [7, 11) is 0. The highest BCUT2D eigenvalue weighted by Crippen LogP contribution is 2.23. The van der Waals surface area contributed by atoms with E-state index in [9.17, 15) is 4.79 Å². The summed E-state index contributed by atoms with van der Waals surface area (Å²) in [4.78, 5) is 14.8. The number of hydrogen-bond acceptors (Lipinski definition) is 3. The van der Waals surface area contributed by atoms with Crippen molar-refractivity contribution in [2.75, 3.05) is 19.6 Å². The molecule has 23 heavy (non-hydrogen) atoms. The maximum Gasteiger partial charge on any atom is 0.223 e. The quantitative estimate of drug-likeness (QED) is 0.821. The molecule has 128 valence electrons. The average Bonchev–Trinajstić information content (AvgIpc) is 3.05. The van der Waals surface area contributed by atoms with Crippen LogP contribution in [0.5, 0.6) is 0 Å². The van der Waals surface area contributed by atoms with E-state index < -0.39 is 0 Å². The van der Waals surface area contributed by atoms with Gasteiger partial charge in [0.15, 0.2) is 0 Å². The van der Waals surface area contributed by atoms with Crippen molar-refractivity contribution in [3.05, 3.63) is 17.5 Å². The standard InChI is InChI=1S/C18H30N4O/c1-14-10-17(21-20-14)13-22-9-8-15(12-22)11-19-18(23)16-6-4-2-3-5-7-16/h10,15-16H,2-9,11-13H2,1H3,(H,19,23)(H,20,21). The zero-order chi connectivity index (χ0) is 16.1. The van der Waals surface area contributed by atoms with E-state index in [1.165, 1.54) is 32.1 Å². The van der Waals surface area contributed by atoms with Crippen molar-refractivity contribution in [1.82, 2.24) is 20.4 Å². The topological polar surface area (TPSA) is 61.0 Å². The number of carbonyl (C=O) groups is 1. The molecule has 0 bridgehead atoms. The third-order valence-corrected chi connectivity index (χ3v) is 5.31. The van der Waals surface area contributed by atoms with Gasteiger partial charge in [0.25, 0.3) is 0 Å². The summed E-state index contributed by atoms with van der Waals surface area (Å²) in [5.74, 6) is 1.15. The van der Waals surface area contributed by atoms with E-state index in [1.54, 1.807) is 0 Å². The molecule has 1 saturated heterocycles. The van der Waals surface area contributed by atoms with Crippen LogP contribution in [0.25, 0.3) is 0 Å². The summed E-state index contributed by atoms with van der Waals surface area (Å²) in [6.07, 6.45) is 8.38. The number of aryl methyl sites for hydroxylation is 1. The van der Waals surface area contributed by atoms with E-state index in [0.717, 1.165) is 50.4 Å². The lowest BCUT2D eigenvalue weighted by Gasteiger charge is -2.17. The zero-order valence-electron chi connectivity index (χ0n) is 14.3. The van der Waals surface area contributed by atoms with Gasteiger partial charge in [-0.2, -0.15) is 5.10 Å². The first-order valence-corrected chi connectivity index (χ1v) is 9.21. The van der Waals surface area contributed by atoms with Crippen LogP contribution in [0.15, 0.2) is 6.07 Å². The number of aromatic amines is 1. The minimum atomic E-state index is 0.266. The summed E-state index contributed by atoms with van der Waals surface area (Å²) in [6.45, 7) is 5.96. The minimum absolute atomic E-state index is 0.266. The van der Waals surface area contributed by atoms with Gasteiger partial charge in [-0.1, -0.05) is 25.7 Å². The predicted octanol–water partition coefficient (Wildman–Crippen LogP) is 2.63. The first-order chi connectivity index (χ1) is 11.2. The lowest BCUT2D eigenvalue weighted by atomic mass is 9.99. The Morgan fingerprint density at radius 3 is 2.78 bits per heavy atom. The van der Waals surface area contributed by atoms with Crippen LogP contribution in [0.1, 0.15) is 56.3 Å². The largest absolute Gasteiger partial charge is 0.356 e. The van der Waals surface area contributed by atoms with Crippen LogP contribution >= 0.6 is 0 Å². The highest BCUT2D eigenvalue weighted by molar-refractivity contribution is 5.78. The number of likely N-dealkylation sites (tertiary alicyclic amines) is 1. The fourth-order valence-electron chi connectivity index (χ4n) is 3.94. The van der Waals surface area contributed by atoms with E-state index in [-0.39, 0.29) is 5.92 Å². The third-order valence-electron chi connectivity index (χ3n) is 5.31. The Bertz CT molecular complexity index is 505. The maximum atomic E-state index is 12.3. The van der Waals surface area contributed by atoms with Crippen LogP contribution in [0.4, 0.5) is 0 Å². The van der Waals surface area contributed by atoms with Gasteiger partial charge in [-0.25, -0.2) is 0 Å². The Morgan fingerprint density at radius 1 is 1.30 bits per heavy atom. The van der Waals surface area contributed by atoms with Crippen molar-refractivity contribution in [2.45, 2.75) is 58.4 Å². The first kappa shape index (κ1) is 16.5. The second-order valence-corrected chi connectivity index (χ2v) is 7.37. The van der Waals surface area contributed by atoms with E-state index in [2.05, 4.69) is 26.5 Å². The first-order valence-electron chi connectivity index (χ1n) is 9.21. The summed E-state index contributed by atoms with van der Waals surface area (Å²) in [5.41, 5.74) is 2.23. The summed E-state index contributed by atoms with van der Waals surface area (Å²) < 4.78 is 0. The van der Waals surface area contributed by atoms with Gasteiger partial charge >= 0.3 is 0 Å². The molecular formula is C18H30N4O. The van der Waals surface area contributed by atoms with E-state index in [1.807, 2.05) is 6.92 Å². The molecule has 1 amide bonds. The van der Waals surface area contributed by atoms with Gasteiger partial charge < -0.3 is 5.32 Å². The fraction of sp³-hybridized carbons (Fsp3) is 0.778. The van der Waals surface area contributed by atoms with Gasteiger partial charge in [0.1, 0.15) is 0 Å². The number of H-pyrrole nitrogens is 1. The van der Waals surface area contributed by atoms with Crippen molar-refractivity contribution >= 4 is 5.91 Å². The molecule has 0 spiro atoms. The molecule has 1 aliphatic heterocycles. The lowest BCUT2D eigenvalue weighted by molar-refractivity contribution is -0.125. The van der Waals surface area contributed by atoms with Gasteiger partial charge in [0.05, 0.1) is 5.69 Å². The molecule has 1 aromatic heterocycles. The molecule has 5 heteroatoms. The maximum absolute atomic E-state index is 12.3. The molecule has 1 atom stereocenters. The van der Waals surface area contributed by atoms with E-state index in [4.69, 9.17) is 0 Å². The Morgan fingerprint density at radius 2 is 2.09 bits per heavy atom. The Hall–Kier alpha value is -1.36. The molecule has 0 radical (unpaired) electrons. The molecule has 1 aromatic rings. The van der Waals surface area contributed by atoms with Crippen molar-refractivity contribution in [2.24, 2.45) is 11.8 Å². The molecule has 1 aliphatic carbocycles. The zero-order valence-corrected chi connectivity index (χ0v) is 14.3. The SMILES string of the molecule is Cc1cc(CN2CCC(CNC(=O)C3CCCCCC3)C2)n[nH]1. The molecule has 2 fully saturated rings. The summed E-state index contributed by atoms with van der Waals surface area (Å²) in [6, 6.07) is 2.11. The highest BCUT2D eigenvalue weighted by Gasteiger charge is 2.25. The molecule has 2 aliphatic rings. The number of rotatable bonds is 5. The second-order valence-electron chi connectivity index (χ2n) is 7.37. The van der Waals surface area contributed by atoms with Gasteiger partial charge in [0, 0.05) is 31.2 Å². The predicted molar refractivity (Wildman–Crippen MR) is 90.9 cm³/mol. The molecular weight excluding hydrogens is 288 g/mol. The van der Waals surface area contributed by atoms with Crippen LogP contribution in [-0.4, -0.2) is 40.6 Å². The van der Waals surface area contributed by atoms with Gasteiger partial charge in [0.2, 0.25) is 5.91 Å². The second kappa shape index (κ2) is 7.95. The Labute approximate surface area is 139 Å². The van der Waals surface area contributed by atoms with Gasteiger partial charge in [-0.05, 0) is 44.7 Å².